The molecule has 0 fully saturated rings. The van der Waals surface area contributed by atoms with Crippen LogP contribution in [-0.2, 0) is 6.54 Å². The maximum atomic E-state index is 13.3. The predicted octanol–water partition coefficient (Wildman–Crippen LogP) is 4.72. The number of halogens is 3. The molecule has 1 atom stereocenters. The van der Waals surface area contributed by atoms with Gasteiger partial charge in [0.1, 0.15) is 5.82 Å². The molecular formula is C14H20BrClFN. The molecule has 1 aromatic rings. The quantitative estimate of drug-likeness (QED) is 0.710. The minimum Gasteiger partial charge on any atom is -0.311 e. The molecule has 1 unspecified atom stereocenters. The van der Waals surface area contributed by atoms with Crippen molar-refractivity contribution in [1.29, 1.82) is 0 Å². The monoisotopic (exact) mass is 335 g/mol. The summed E-state index contributed by atoms with van der Waals surface area (Å²) in [7, 11) is 0. The van der Waals surface area contributed by atoms with Gasteiger partial charge >= 0.3 is 0 Å². The predicted molar refractivity (Wildman–Crippen MR) is 79.5 cm³/mol. The van der Waals surface area contributed by atoms with Crippen LogP contribution < -0.4 is 5.32 Å². The van der Waals surface area contributed by atoms with Gasteiger partial charge in [0, 0.05) is 18.5 Å². The van der Waals surface area contributed by atoms with Crippen LogP contribution >= 0.6 is 27.5 Å². The van der Waals surface area contributed by atoms with Crippen molar-refractivity contribution in [2.75, 3.05) is 6.54 Å². The molecule has 102 valence electrons. The largest absolute Gasteiger partial charge is 0.311 e. The third-order valence-electron chi connectivity index (χ3n) is 3.25. The Labute approximate surface area is 122 Å². The summed E-state index contributed by atoms with van der Waals surface area (Å²) in [4.78, 5) is 0. The molecule has 0 bridgehead atoms. The summed E-state index contributed by atoms with van der Waals surface area (Å²) in [5, 5.41) is 3.42. The third-order valence-corrected chi connectivity index (χ3v) is 4.65. The molecule has 0 spiro atoms. The van der Waals surface area contributed by atoms with Gasteiger partial charge in [0.25, 0.3) is 0 Å². The molecule has 0 heterocycles. The maximum Gasteiger partial charge on any atom is 0.137 e. The Bertz CT molecular complexity index is 369. The van der Waals surface area contributed by atoms with Gasteiger partial charge in [-0.3, -0.25) is 0 Å². The second kappa shape index (κ2) is 8.13. The average Bonchev–Trinajstić information content (AvgIpc) is 2.36. The van der Waals surface area contributed by atoms with E-state index in [1.165, 1.54) is 6.07 Å². The van der Waals surface area contributed by atoms with Crippen molar-refractivity contribution in [3.05, 3.63) is 34.1 Å². The van der Waals surface area contributed by atoms with Crippen LogP contribution in [0, 0.1) is 11.7 Å². The Morgan fingerprint density at radius 3 is 2.61 bits per heavy atom. The normalized spacial score (nSPS) is 13.0. The molecule has 0 aliphatic carbocycles. The van der Waals surface area contributed by atoms with Crippen LogP contribution in [0.2, 0.25) is 0 Å². The Hall–Kier alpha value is -0.120. The standard InChI is InChI=1S/C14H20BrClFN/c1-3-10(4-2)12(16)9-18-8-11-6-5-7-13(17)14(11)15/h5-7,10,12,18H,3-4,8-9H2,1-2H3. The lowest BCUT2D eigenvalue weighted by Gasteiger charge is -2.19. The van der Waals surface area contributed by atoms with Crippen LogP contribution in [0.4, 0.5) is 4.39 Å². The van der Waals surface area contributed by atoms with Crippen LogP contribution in [0.15, 0.2) is 22.7 Å². The van der Waals surface area contributed by atoms with Crippen molar-refractivity contribution in [2.24, 2.45) is 5.92 Å². The maximum absolute atomic E-state index is 13.3. The van der Waals surface area contributed by atoms with Gasteiger partial charge in [0.15, 0.2) is 0 Å². The third kappa shape index (κ3) is 4.52. The van der Waals surface area contributed by atoms with Gasteiger partial charge in [-0.1, -0.05) is 38.8 Å². The Balaban J connectivity index is 2.44. The summed E-state index contributed by atoms with van der Waals surface area (Å²) in [5.41, 5.74) is 0.920. The highest BCUT2D eigenvalue weighted by Crippen LogP contribution is 2.21. The molecule has 0 saturated heterocycles. The average molecular weight is 337 g/mol. The van der Waals surface area contributed by atoms with Gasteiger partial charge in [-0.2, -0.15) is 0 Å². The Kier molecular flexibility index (Phi) is 7.20. The molecule has 1 aromatic carbocycles. The fourth-order valence-electron chi connectivity index (χ4n) is 2.00. The highest BCUT2D eigenvalue weighted by atomic mass is 79.9. The van der Waals surface area contributed by atoms with E-state index in [9.17, 15) is 4.39 Å². The molecule has 0 radical (unpaired) electrons. The van der Waals surface area contributed by atoms with Gasteiger partial charge in [-0.25, -0.2) is 4.39 Å². The van der Waals surface area contributed by atoms with Crippen molar-refractivity contribution in [1.82, 2.24) is 5.32 Å². The summed E-state index contributed by atoms with van der Waals surface area (Å²) in [6, 6.07) is 5.07. The van der Waals surface area contributed by atoms with Crippen LogP contribution in [0.1, 0.15) is 32.3 Å². The van der Waals surface area contributed by atoms with Gasteiger partial charge in [-0.05, 0) is 33.5 Å². The van der Waals surface area contributed by atoms with Gasteiger partial charge < -0.3 is 5.32 Å². The molecular weight excluding hydrogens is 317 g/mol. The number of benzene rings is 1. The molecule has 1 rings (SSSR count). The molecule has 4 heteroatoms. The van der Waals surface area contributed by atoms with Crippen molar-refractivity contribution in [3.63, 3.8) is 0 Å². The van der Waals surface area contributed by atoms with E-state index in [1.54, 1.807) is 6.07 Å². The fourth-order valence-corrected chi connectivity index (χ4v) is 2.87. The van der Waals surface area contributed by atoms with E-state index in [-0.39, 0.29) is 11.2 Å². The molecule has 0 aliphatic heterocycles. The second-order valence-corrected chi connectivity index (χ2v) is 5.79. The lowest BCUT2D eigenvalue weighted by Crippen LogP contribution is -2.28. The summed E-state index contributed by atoms with van der Waals surface area (Å²) >= 11 is 9.59. The number of nitrogens with one attached hydrogen (secondary N) is 1. The van der Waals surface area contributed by atoms with Gasteiger partial charge in [-0.15, -0.1) is 11.6 Å². The minimum absolute atomic E-state index is 0.132. The second-order valence-electron chi connectivity index (χ2n) is 4.44. The van der Waals surface area contributed by atoms with Crippen LogP contribution in [0.25, 0.3) is 0 Å². The molecule has 1 nitrogen and oxygen atoms in total. The highest BCUT2D eigenvalue weighted by molar-refractivity contribution is 9.10. The first-order valence-corrected chi connectivity index (χ1v) is 7.60. The van der Waals surface area contributed by atoms with E-state index >= 15 is 0 Å². The highest BCUT2D eigenvalue weighted by Gasteiger charge is 2.15. The van der Waals surface area contributed by atoms with E-state index in [0.29, 0.717) is 16.9 Å². The number of hydrogen-bond donors (Lipinski definition) is 1. The van der Waals surface area contributed by atoms with Gasteiger partial charge in [0.2, 0.25) is 0 Å². The number of hydrogen-bond acceptors (Lipinski definition) is 1. The zero-order chi connectivity index (χ0) is 13.5. The summed E-state index contributed by atoms with van der Waals surface area (Å²) < 4.78 is 13.8. The first-order chi connectivity index (χ1) is 8.60. The van der Waals surface area contributed by atoms with Crippen LogP contribution in [0.3, 0.4) is 0 Å². The summed E-state index contributed by atoms with van der Waals surface area (Å²) in [5.74, 6) is 0.312. The van der Waals surface area contributed by atoms with Gasteiger partial charge in [0.05, 0.1) is 4.47 Å². The van der Waals surface area contributed by atoms with Crippen molar-refractivity contribution in [2.45, 2.75) is 38.6 Å². The van der Waals surface area contributed by atoms with Crippen LogP contribution in [0.5, 0.6) is 0 Å². The fraction of sp³-hybridized carbons (Fsp3) is 0.571. The molecule has 1 N–H and O–H groups in total. The topological polar surface area (TPSA) is 12.0 Å². The van der Waals surface area contributed by atoms with Crippen molar-refractivity contribution in [3.8, 4) is 0 Å². The number of rotatable bonds is 7. The molecule has 0 saturated carbocycles. The van der Waals surface area contributed by atoms with Crippen molar-refractivity contribution < 1.29 is 4.39 Å². The lowest BCUT2D eigenvalue weighted by atomic mass is 9.99. The molecule has 0 aliphatic rings. The first-order valence-electron chi connectivity index (χ1n) is 6.37. The zero-order valence-corrected chi connectivity index (χ0v) is 13.2. The molecule has 0 aromatic heterocycles. The SMILES string of the molecule is CCC(CC)C(Cl)CNCc1cccc(F)c1Br. The zero-order valence-electron chi connectivity index (χ0n) is 10.8. The van der Waals surface area contributed by atoms with E-state index in [1.807, 2.05) is 6.07 Å². The molecule has 0 amide bonds. The van der Waals surface area contributed by atoms with Crippen LogP contribution in [-0.4, -0.2) is 11.9 Å². The summed E-state index contributed by atoms with van der Waals surface area (Å²) in [6.45, 7) is 5.69. The molecule has 18 heavy (non-hydrogen) atoms. The smallest absolute Gasteiger partial charge is 0.137 e. The minimum atomic E-state index is -0.225. The van der Waals surface area contributed by atoms with E-state index in [0.717, 1.165) is 24.9 Å². The Morgan fingerprint density at radius 1 is 1.33 bits per heavy atom. The van der Waals surface area contributed by atoms with Crippen molar-refractivity contribution >= 4 is 27.5 Å². The van der Waals surface area contributed by atoms with E-state index in [4.69, 9.17) is 11.6 Å². The lowest BCUT2D eigenvalue weighted by molar-refractivity contribution is 0.445. The first kappa shape index (κ1) is 15.9. The van der Waals surface area contributed by atoms with E-state index in [2.05, 4.69) is 35.1 Å². The van der Waals surface area contributed by atoms with E-state index < -0.39 is 0 Å². The Morgan fingerprint density at radius 2 is 2.00 bits per heavy atom. The number of alkyl halides is 1. The summed E-state index contributed by atoms with van der Waals surface area (Å²) in [6.07, 6.45) is 2.19.